The van der Waals surface area contributed by atoms with Gasteiger partial charge in [-0.15, -0.1) is 11.3 Å². The smallest absolute Gasteiger partial charge is 0.252 e. The Morgan fingerprint density at radius 3 is 2.56 bits per heavy atom. The Morgan fingerprint density at radius 1 is 1.14 bits per heavy atom. The van der Waals surface area contributed by atoms with Crippen LogP contribution in [0.25, 0.3) is 10.2 Å². The first-order valence-corrected chi connectivity index (χ1v) is 14.7. The topological polar surface area (TPSA) is 92.7 Å². The number of thiazole rings is 1. The van der Waals surface area contributed by atoms with Crippen LogP contribution in [0.4, 0.5) is 5.13 Å². The van der Waals surface area contributed by atoms with Crippen LogP contribution >= 0.6 is 34.3 Å². The van der Waals surface area contributed by atoms with Crippen LogP contribution in [0, 0.1) is 5.92 Å². The fourth-order valence-corrected chi connectivity index (χ4v) is 8.28. The number of nitrogens with zero attached hydrogens (tertiary/aromatic N) is 4. The quantitative estimate of drug-likeness (QED) is 0.313. The Kier molecular flexibility index (Phi) is 7.27. The Labute approximate surface area is 222 Å². The summed E-state index contributed by atoms with van der Waals surface area (Å²) in [5, 5.41) is 0.600. The molecule has 3 aromatic heterocycles. The first kappa shape index (κ1) is 25.1. The number of fused-ring (bicyclic) bond motifs is 1. The van der Waals surface area contributed by atoms with E-state index >= 15 is 0 Å². The Bertz CT molecular complexity index is 1480. The van der Waals surface area contributed by atoms with Crippen molar-refractivity contribution in [1.82, 2.24) is 14.3 Å². The van der Waals surface area contributed by atoms with Crippen molar-refractivity contribution in [2.45, 2.75) is 23.6 Å². The first-order valence-electron chi connectivity index (χ1n) is 11.3. The maximum absolute atomic E-state index is 13.8. The lowest BCUT2D eigenvalue weighted by Crippen LogP contribution is -2.44. The van der Waals surface area contributed by atoms with E-state index in [1.54, 1.807) is 30.5 Å². The Balaban J connectivity index is 1.38. The van der Waals surface area contributed by atoms with Gasteiger partial charge in [-0.3, -0.25) is 14.7 Å². The van der Waals surface area contributed by atoms with Crippen LogP contribution in [0.1, 0.15) is 18.4 Å². The second-order valence-corrected chi connectivity index (χ2v) is 13.2. The highest BCUT2D eigenvalue weighted by Gasteiger charge is 2.35. The van der Waals surface area contributed by atoms with Gasteiger partial charge in [-0.2, -0.15) is 4.31 Å². The van der Waals surface area contributed by atoms with Gasteiger partial charge in [-0.05, 0) is 60.9 Å². The van der Waals surface area contributed by atoms with E-state index < -0.39 is 10.0 Å². The number of methoxy groups -OCH3 is 1. The predicted octanol–water partition coefficient (Wildman–Crippen LogP) is 5.05. The van der Waals surface area contributed by atoms with Crippen molar-refractivity contribution < 1.29 is 17.9 Å². The summed E-state index contributed by atoms with van der Waals surface area (Å²) < 4.78 is 34.3. The lowest BCUT2D eigenvalue weighted by molar-refractivity contribution is -0.123. The highest BCUT2D eigenvalue weighted by molar-refractivity contribution is 7.91. The molecule has 1 aliphatic heterocycles. The zero-order chi connectivity index (χ0) is 25.3. The molecule has 0 bridgehead atoms. The van der Waals surface area contributed by atoms with E-state index in [0.717, 1.165) is 32.9 Å². The van der Waals surface area contributed by atoms with Crippen molar-refractivity contribution in [3.05, 3.63) is 64.8 Å². The maximum atomic E-state index is 13.8. The molecule has 8 nitrogen and oxygen atoms in total. The van der Waals surface area contributed by atoms with Gasteiger partial charge in [-0.25, -0.2) is 13.4 Å². The van der Waals surface area contributed by atoms with E-state index in [1.165, 1.54) is 21.7 Å². The minimum Gasteiger partial charge on any atom is -0.497 e. The van der Waals surface area contributed by atoms with Gasteiger partial charge in [0.25, 0.3) is 10.0 Å². The average Bonchev–Trinajstić information content (AvgIpc) is 3.53. The summed E-state index contributed by atoms with van der Waals surface area (Å²) in [5.41, 5.74) is 1.73. The summed E-state index contributed by atoms with van der Waals surface area (Å²) >= 11 is 8.42. The molecule has 4 heterocycles. The van der Waals surface area contributed by atoms with E-state index in [-0.39, 0.29) is 29.1 Å². The van der Waals surface area contributed by atoms with Crippen LogP contribution in [0.15, 0.2) is 59.1 Å². The van der Waals surface area contributed by atoms with Crippen LogP contribution in [-0.4, -0.2) is 48.8 Å². The number of sulfonamides is 1. The van der Waals surface area contributed by atoms with E-state index in [2.05, 4.69) is 4.98 Å². The van der Waals surface area contributed by atoms with Crippen molar-refractivity contribution in [3.63, 3.8) is 0 Å². The zero-order valence-corrected chi connectivity index (χ0v) is 22.5. The molecule has 0 atom stereocenters. The number of aromatic nitrogens is 2. The lowest BCUT2D eigenvalue weighted by atomic mass is 9.96. The standard InChI is InChI=1S/C24H23ClN4O4S3/c1-33-18-2-3-19-20(14-18)34-24(27-19)29(15-16-6-10-26-11-7-16)23(30)17-8-12-28(13-9-17)36(31,32)22-5-4-21(25)35-22/h2-7,10-11,14,17H,8-9,12-13,15H2,1H3. The summed E-state index contributed by atoms with van der Waals surface area (Å²) in [7, 11) is -2.01. The third-order valence-corrected chi connectivity index (χ3v) is 10.8. The summed E-state index contributed by atoms with van der Waals surface area (Å²) in [4.78, 5) is 24.3. The first-order chi connectivity index (χ1) is 17.3. The maximum Gasteiger partial charge on any atom is 0.252 e. The van der Waals surface area contributed by atoms with Crippen molar-refractivity contribution in [2.75, 3.05) is 25.1 Å². The number of thiophene rings is 1. The van der Waals surface area contributed by atoms with Gasteiger partial charge in [-0.1, -0.05) is 22.9 Å². The van der Waals surface area contributed by atoms with Gasteiger partial charge < -0.3 is 4.74 Å². The molecule has 1 fully saturated rings. The number of ether oxygens (including phenoxy) is 1. The molecule has 1 aromatic carbocycles. The molecule has 0 radical (unpaired) electrons. The zero-order valence-electron chi connectivity index (χ0n) is 19.3. The fraction of sp³-hybridized carbons (Fsp3) is 0.292. The molecular formula is C24H23ClN4O4S3. The van der Waals surface area contributed by atoms with E-state index in [1.807, 2.05) is 30.3 Å². The second kappa shape index (κ2) is 10.4. The summed E-state index contributed by atoms with van der Waals surface area (Å²) in [5.74, 6) is 0.353. The van der Waals surface area contributed by atoms with Crippen LogP contribution < -0.4 is 9.64 Å². The van der Waals surface area contributed by atoms with Crippen LogP contribution in [0.3, 0.4) is 0 Å². The van der Waals surface area contributed by atoms with Crippen molar-refractivity contribution >= 4 is 65.6 Å². The van der Waals surface area contributed by atoms with Gasteiger partial charge in [0.05, 0.1) is 28.2 Å². The third kappa shape index (κ3) is 5.12. The van der Waals surface area contributed by atoms with Crippen LogP contribution in [-0.2, 0) is 21.4 Å². The molecule has 5 rings (SSSR count). The molecule has 12 heteroatoms. The third-order valence-electron chi connectivity index (χ3n) is 6.12. The summed E-state index contributed by atoms with van der Waals surface area (Å²) in [6.07, 6.45) is 4.26. The van der Waals surface area contributed by atoms with Gasteiger partial charge in [0, 0.05) is 31.4 Å². The molecule has 36 heavy (non-hydrogen) atoms. The molecule has 0 spiro atoms. The molecule has 0 saturated carbocycles. The van der Waals surface area contributed by atoms with Crippen molar-refractivity contribution in [1.29, 1.82) is 0 Å². The van der Waals surface area contributed by atoms with Crippen molar-refractivity contribution in [3.8, 4) is 5.75 Å². The molecule has 0 aliphatic carbocycles. The largest absolute Gasteiger partial charge is 0.497 e. The minimum absolute atomic E-state index is 0.0611. The molecule has 0 N–H and O–H groups in total. The van der Waals surface area contributed by atoms with E-state index in [4.69, 9.17) is 21.3 Å². The highest BCUT2D eigenvalue weighted by Crippen LogP contribution is 2.35. The monoisotopic (exact) mass is 562 g/mol. The molecule has 188 valence electrons. The number of piperidine rings is 1. The number of hydrogen-bond acceptors (Lipinski definition) is 8. The van der Waals surface area contributed by atoms with Gasteiger partial charge >= 0.3 is 0 Å². The number of carbonyl (C=O) groups excluding carboxylic acids is 1. The highest BCUT2D eigenvalue weighted by atomic mass is 35.5. The number of pyridine rings is 1. The van der Waals surface area contributed by atoms with Gasteiger partial charge in [0.1, 0.15) is 9.96 Å². The summed E-state index contributed by atoms with van der Waals surface area (Å²) in [6.45, 7) is 0.896. The average molecular weight is 563 g/mol. The minimum atomic E-state index is -3.62. The van der Waals surface area contributed by atoms with E-state index in [0.29, 0.717) is 28.9 Å². The SMILES string of the molecule is COc1ccc2nc(N(Cc3ccncc3)C(=O)C3CCN(S(=O)(=O)c4ccc(Cl)s4)CC3)sc2c1. The number of rotatable bonds is 7. The number of carbonyl (C=O) groups is 1. The normalized spacial score (nSPS) is 15.3. The molecule has 0 unspecified atom stereocenters. The Morgan fingerprint density at radius 2 is 1.89 bits per heavy atom. The Hall–Kier alpha value is -2.57. The molecule has 1 aliphatic rings. The molecular weight excluding hydrogens is 540 g/mol. The summed E-state index contributed by atoms with van der Waals surface area (Å²) in [6, 6.07) is 12.5. The van der Waals surface area contributed by atoms with Crippen LogP contribution in [0.5, 0.6) is 5.75 Å². The van der Waals surface area contributed by atoms with Crippen molar-refractivity contribution in [2.24, 2.45) is 5.92 Å². The predicted molar refractivity (Wildman–Crippen MR) is 142 cm³/mol. The number of benzene rings is 1. The van der Waals surface area contributed by atoms with Crippen LogP contribution in [0.2, 0.25) is 4.34 Å². The molecule has 4 aromatic rings. The fourth-order valence-electron chi connectivity index (χ4n) is 4.17. The van der Waals surface area contributed by atoms with E-state index in [9.17, 15) is 13.2 Å². The lowest BCUT2D eigenvalue weighted by Gasteiger charge is -2.32. The number of amides is 1. The van der Waals surface area contributed by atoms with Gasteiger partial charge in [0.15, 0.2) is 5.13 Å². The second-order valence-electron chi connectivity index (χ2n) is 8.35. The van der Waals surface area contributed by atoms with Gasteiger partial charge in [0.2, 0.25) is 5.91 Å². The number of halogens is 1. The number of anilines is 1. The molecule has 1 saturated heterocycles. The number of hydrogen-bond donors (Lipinski definition) is 0. The molecule has 1 amide bonds.